The van der Waals surface area contributed by atoms with Gasteiger partial charge >= 0.3 is 0 Å². The number of carbonyl (C=O) groups excluding carboxylic acids is 2. The molecule has 6 aromatic carbocycles. The molecular formula is C59H46F4N8O11. The minimum Gasteiger partial charge on any atom is -0.493 e. The van der Waals surface area contributed by atoms with Crippen LogP contribution < -0.4 is 53.3 Å². The largest absolute Gasteiger partial charge is 0.493 e. The average molecular weight is 1120 g/mol. The topological polar surface area (TPSA) is 203 Å². The van der Waals surface area contributed by atoms with Crippen LogP contribution in [0.3, 0.4) is 0 Å². The summed E-state index contributed by atoms with van der Waals surface area (Å²) < 4.78 is 111. The normalized spacial score (nSPS) is 12.3. The smallest absolute Gasteiger partial charge is 0.280 e. The fourth-order valence-electron chi connectivity index (χ4n) is 9.09. The highest BCUT2D eigenvalue weighted by Crippen LogP contribution is 2.50. The SMILES string of the molecule is COc1cc2nccc(Oc3ccc(NC(=O)c4ccn(-c5ccc(F)cc5C)n4)cc3F)c2c2c1OCCO2.COc1cn(-c2ccc(F)cc2C)nc1C(=O)Nc1ccc(Oc2ccnc3cc(OC)c4c(c23)OCCO4)c(F)c1. The maximum Gasteiger partial charge on any atom is 0.280 e. The first kappa shape index (κ1) is 53.4. The molecular weight excluding hydrogens is 1070 g/mol. The summed E-state index contributed by atoms with van der Waals surface area (Å²) in [6.45, 7) is 4.82. The maximum absolute atomic E-state index is 15.3. The molecule has 0 spiro atoms. The Balaban J connectivity index is 0.000000172. The molecule has 0 unspecified atom stereocenters. The van der Waals surface area contributed by atoms with Gasteiger partial charge in [-0.3, -0.25) is 19.6 Å². The van der Waals surface area contributed by atoms with Gasteiger partial charge in [-0.15, -0.1) is 0 Å². The minimum absolute atomic E-state index is 0.0346. The third-order valence-corrected chi connectivity index (χ3v) is 12.9. The molecule has 2 amide bonds. The fourth-order valence-corrected chi connectivity index (χ4v) is 9.09. The Morgan fingerprint density at radius 1 is 0.500 bits per heavy atom. The van der Waals surface area contributed by atoms with Crippen molar-refractivity contribution in [1.29, 1.82) is 0 Å². The van der Waals surface area contributed by atoms with E-state index >= 15 is 8.78 Å². The van der Waals surface area contributed by atoms with Crippen molar-refractivity contribution in [3.63, 3.8) is 0 Å². The van der Waals surface area contributed by atoms with Crippen LogP contribution in [-0.4, -0.2) is 89.1 Å². The number of carbonyl (C=O) groups is 2. The Kier molecular flexibility index (Phi) is 14.8. The Morgan fingerprint density at radius 3 is 1.45 bits per heavy atom. The van der Waals surface area contributed by atoms with Crippen molar-refractivity contribution in [3.8, 4) is 74.6 Å². The number of ether oxygens (including phenoxy) is 9. The molecule has 23 heteroatoms. The fraction of sp³-hybridized carbons (Fsp3) is 0.153. The summed E-state index contributed by atoms with van der Waals surface area (Å²) in [6, 6.07) is 24.6. The monoisotopic (exact) mass is 1120 g/mol. The van der Waals surface area contributed by atoms with Gasteiger partial charge in [0.2, 0.25) is 11.5 Å². The van der Waals surface area contributed by atoms with Gasteiger partial charge in [-0.05, 0) is 104 Å². The first-order valence-corrected chi connectivity index (χ1v) is 25.1. The highest BCUT2D eigenvalue weighted by molar-refractivity contribution is 6.05. The lowest BCUT2D eigenvalue weighted by Crippen LogP contribution is -2.16. The molecule has 416 valence electrons. The van der Waals surface area contributed by atoms with E-state index in [1.54, 1.807) is 56.4 Å². The number of nitrogens with zero attached hydrogens (tertiary/aromatic N) is 6. The number of aromatic nitrogens is 6. The van der Waals surface area contributed by atoms with Gasteiger partial charge in [0.1, 0.15) is 49.6 Å². The van der Waals surface area contributed by atoms with Gasteiger partial charge in [0.05, 0.1) is 60.7 Å². The number of rotatable bonds is 13. The number of methoxy groups -OCH3 is 3. The molecule has 12 rings (SSSR count). The van der Waals surface area contributed by atoms with Crippen LogP contribution in [0.5, 0.6) is 63.2 Å². The molecule has 6 heterocycles. The third kappa shape index (κ3) is 10.7. The molecule has 2 N–H and O–H groups in total. The molecule has 0 saturated heterocycles. The van der Waals surface area contributed by atoms with Crippen LogP contribution in [0.25, 0.3) is 33.2 Å². The molecule has 0 saturated carbocycles. The van der Waals surface area contributed by atoms with Crippen LogP contribution >= 0.6 is 0 Å². The zero-order chi connectivity index (χ0) is 57.2. The Hall–Kier alpha value is -10.6. The van der Waals surface area contributed by atoms with Gasteiger partial charge in [0.15, 0.2) is 63.3 Å². The van der Waals surface area contributed by atoms with Crippen LogP contribution in [0.4, 0.5) is 28.9 Å². The number of hydrogen-bond acceptors (Lipinski definition) is 15. The van der Waals surface area contributed by atoms with Crippen molar-refractivity contribution < 1.29 is 69.8 Å². The van der Waals surface area contributed by atoms with Crippen LogP contribution in [0, 0.1) is 37.1 Å². The molecule has 0 bridgehead atoms. The number of benzene rings is 6. The summed E-state index contributed by atoms with van der Waals surface area (Å²) in [6.07, 6.45) is 6.16. The van der Waals surface area contributed by atoms with Crippen molar-refractivity contribution in [2.24, 2.45) is 0 Å². The minimum atomic E-state index is -0.725. The zero-order valence-corrected chi connectivity index (χ0v) is 44.1. The number of hydrogen-bond donors (Lipinski definition) is 2. The van der Waals surface area contributed by atoms with Crippen molar-refractivity contribution in [2.75, 3.05) is 58.4 Å². The van der Waals surface area contributed by atoms with Crippen LogP contribution in [0.2, 0.25) is 0 Å². The Bertz CT molecular complexity index is 4140. The molecule has 0 fully saturated rings. The van der Waals surface area contributed by atoms with E-state index in [2.05, 4.69) is 30.8 Å². The lowest BCUT2D eigenvalue weighted by molar-refractivity contribution is 0.101. The predicted octanol–water partition coefficient (Wildman–Crippen LogP) is 11.7. The van der Waals surface area contributed by atoms with Gasteiger partial charge in [0.25, 0.3) is 11.8 Å². The number of anilines is 2. The number of aryl methyl sites for hydroxylation is 2. The summed E-state index contributed by atoms with van der Waals surface area (Å²) >= 11 is 0. The summed E-state index contributed by atoms with van der Waals surface area (Å²) in [4.78, 5) is 34.6. The van der Waals surface area contributed by atoms with Gasteiger partial charge < -0.3 is 53.3 Å². The third-order valence-electron chi connectivity index (χ3n) is 12.9. The van der Waals surface area contributed by atoms with E-state index in [4.69, 9.17) is 42.6 Å². The number of halogens is 4. The highest BCUT2D eigenvalue weighted by atomic mass is 19.1. The van der Waals surface area contributed by atoms with Gasteiger partial charge in [-0.25, -0.2) is 26.9 Å². The second kappa shape index (κ2) is 22.6. The zero-order valence-electron chi connectivity index (χ0n) is 44.1. The van der Waals surface area contributed by atoms with E-state index in [0.717, 1.165) is 12.1 Å². The van der Waals surface area contributed by atoms with E-state index in [1.807, 2.05) is 0 Å². The molecule has 2 aliphatic rings. The van der Waals surface area contributed by atoms with Crippen molar-refractivity contribution >= 4 is 45.0 Å². The molecule has 4 aromatic heterocycles. The summed E-state index contributed by atoms with van der Waals surface area (Å²) in [7, 11) is 4.44. The molecule has 2 aliphatic heterocycles. The lowest BCUT2D eigenvalue weighted by atomic mass is 10.1. The highest BCUT2D eigenvalue weighted by Gasteiger charge is 2.27. The van der Waals surface area contributed by atoms with Gasteiger partial charge in [-0.2, -0.15) is 10.2 Å². The Morgan fingerprint density at radius 2 is 0.976 bits per heavy atom. The second-order valence-electron chi connectivity index (χ2n) is 18.2. The van der Waals surface area contributed by atoms with Crippen molar-refractivity contribution in [3.05, 3.63) is 174 Å². The average Bonchev–Trinajstić information content (AvgIpc) is 4.16. The first-order valence-electron chi connectivity index (χ1n) is 25.1. The van der Waals surface area contributed by atoms with E-state index in [0.29, 0.717) is 117 Å². The number of amides is 2. The van der Waals surface area contributed by atoms with E-state index in [9.17, 15) is 18.4 Å². The Labute approximate surface area is 463 Å². The lowest BCUT2D eigenvalue weighted by Gasteiger charge is -2.23. The predicted molar refractivity (Wildman–Crippen MR) is 290 cm³/mol. The summed E-state index contributed by atoms with van der Waals surface area (Å²) in [5, 5.41) is 14.9. The quantitative estimate of drug-likeness (QED) is 0.103. The van der Waals surface area contributed by atoms with E-state index in [1.165, 1.54) is 104 Å². The maximum atomic E-state index is 15.3. The first-order chi connectivity index (χ1) is 39.8. The molecule has 0 aliphatic carbocycles. The van der Waals surface area contributed by atoms with Gasteiger partial charge in [-0.1, -0.05) is 0 Å². The van der Waals surface area contributed by atoms with Gasteiger partial charge in [0, 0.05) is 54.2 Å². The summed E-state index contributed by atoms with van der Waals surface area (Å²) in [5.41, 5.74) is 3.97. The van der Waals surface area contributed by atoms with E-state index < -0.39 is 23.4 Å². The van der Waals surface area contributed by atoms with E-state index in [-0.39, 0.29) is 51.6 Å². The summed E-state index contributed by atoms with van der Waals surface area (Å²) in [5.74, 6) is -0.124. The standard InChI is InChI=1S/C30H24F2N4O6.C29H22F2N4O5/c1-16-12-17(31)4-6-21(16)36-15-25(39-3)27(35-36)30(37)34-18-5-7-22(19(32)13-18)42-23-8-9-33-20-14-24(38-2)28-29(26(20)23)41-11-10-40-28;1-16-13-17(30)3-5-22(16)35-10-8-20(34-35)29(36)33-18-4-6-23(19(31)14-18)40-24-7-9-32-21-15-25(37-2)27-28(26(21)24)39-12-11-38-27/h4-9,12-15H,10-11H2,1-3H3,(H,34,37);3-10,13-15H,11-12H2,1-2H3,(H,33,36). The molecule has 0 radical (unpaired) electrons. The molecule has 82 heavy (non-hydrogen) atoms. The van der Waals surface area contributed by atoms with Crippen LogP contribution in [0.1, 0.15) is 32.1 Å². The van der Waals surface area contributed by atoms with Crippen LogP contribution in [-0.2, 0) is 0 Å². The van der Waals surface area contributed by atoms with Crippen LogP contribution in [0.15, 0.2) is 128 Å². The molecule has 19 nitrogen and oxygen atoms in total. The number of fused-ring (bicyclic) bond motifs is 6. The molecule has 10 aromatic rings. The number of nitrogens with one attached hydrogen (secondary N) is 2. The second-order valence-corrected chi connectivity index (χ2v) is 18.2. The molecule has 0 atom stereocenters. The van der Waals surface area contributed by atoms with Crippen molar-refractivity contribution in [2.45, 2.75) is 13.8 Å². The van der Waals surface area contributed by atoms with Crippen molar-refractivity contribution in [1.82, 2.24) is 29.5 Å². The number of pyridine rings is 2.